The van der Waals surface area contributed by atoms with Crippen molar-refractivity contribution in [2.45, 2.75) is 0 Å². The van der Waals surface area contributed by atoms with E-state index in [1.54, 1.807) is 0 Å². The molecule has 1 aromatic carbocycles. The Morgan fingerprint density at radius 1 is 1.42 bits per heavy atom. The summed E-state index contributed by atoms with van der Waals surface area (Å²) in [4.78, 5) is 31.7. The molecule has 0 bridgehead atoms. The Hall–Kier alpha value is -2.90. The van der Waals surface area contributed by atoms with Gasteiger partial charge in [0, 0.05) is 12.1 Å². The van der Waals surface area contributed by atoms with Gasteiger partial charge in [0.25, 0.3) is 5.69 Å². The Morgan fingerprint density at radius 3 is 2.79 bits per heavy atom. The van der Waals surface area contributed by atoms with Crippen LogP contribution in [0, 0.1) is 10.1 Å². The maximum absolute atomic E-state index is 11.2. The Kier molecular flexibility index (Phi) is 3.15. The number of fused-ring (bicyclic) bond motifs is 1. The highest BCUT2D eigenvalue weighted by Gasteiger charge is 2.13. The van der Waals surface area contributed by atoms with Crippen molar-refractivity contribution >= 4 is 22.6 Å². The third kappa shape index (κ3) is 2.68. The summed E-state index contributed by atoms with van der Waals surface area (Å²) in [6.07, 6.45) is 0. The lowest BCUT2D eigenvalue weighted by Crippen LogP contribution is -2.11. The van der Waals surface area contributed by atoms with Crippen molar-refractivity contribution in [3.8, 4) is 5.75 Å². The summed E-state index contributed by atoms with van der Waals surface area (Å²) in [5, 5.41) is 19.4. The number of carboxylic acids is 1. The molecule has 2 aromatic rings. The normalized spacial score (nSPS) is 10.3. The second-order valence-electron chi connectivity index (χ2n) is 3.55. The lowest BCUT2D eigenvalue weighted by molar-refractivity contribution is -0.384. The van der Waals surface area contributed by atoms with E-state index < -0.39 is 23.1 Å². The molecule has 19 heavy (non-hydrogen) atoms. The molecule has 1 aromatic heterocycles. The highest BCUT2D eigenvalue weighted by molar-refractivity contribution is 5.85. The van der Waals surface area contributed by atoms with Crippen molar-refractivity contribution in [1.29, 1.82) is 0 Å². The molecule has 0 aliphatic carbocycles. The molecule has 1 heterocycles. The van der Waals surface area contributed by atoms with E-state index in [1.807, 2.05) is 0 Å². The van der Waals surface area contributed by atoms with Crippen LogP contribution in [-0.4, -0.2) is 22.6 Å². The van der Waals surface area contributed by atoms with E-state index in [-0.39, 0.29) is 22.4 Å². The van der Waals surface area contributed by atoms with Crippen molar-refractivity contribution in [3.63, 3.8) is 0 Å². The molecule has 0 unspecified atom stereocenters. The lowest BCUT2D eigenvalue weighted by atomic mass is 10.2. The van der Waals surface area contributed by atoms with Gasteiger partial charge in [0.15, 0.2) is 6.61 Å². The van der Waals surface area contributed by atoms with Crippen molar-refractivity contribution in [3.05, 3.63) is 44.8 Å². The number of aliphatic carboxylic acids is 1. The molecule has 0 spiro atoms. The first-order valence-corrected chi connectivity index (χ1v) is 5.04. The van der Waals surface area contributed by atoms with E-state index in [1.165, 1.54) is 12.1 Å². The van der Waals surface area contributed by atoms with Crippen LogP contribution in [0.15, 0.2) is 33.5 Å². The monoisotopic (exact) mass is 265 g/mol. The molecule has 0 amide bonds. The van der Waals surface area contributed by atoms with Crippen LogP contribution in [0.3, 0.4) is 0 Å². The number of nitro benzene ring substituents is 1. The maximum atomic E-state index is 11.2. The van der Waals surface area contributed by atoms with Gasteiger partial charge in [-0.25, -0.2) is 9.59 Å². The summed E-state index contributed by atoms with van der Waals surface area (Å²) in [5.41, 5.74) is -0.873. The largest absolute Gasteiger partial charge is 0.481 e. The van der Waals surface area contributed by atoms with Gasteiger partial charge in [-0.3, -0.25) is 10.1 Å². The fourth-order valence-electron chi connectivity index (χ4n) is 1.49. The van der Waals surface area contributed by atoms with Gasteiger partial charge in [0.05, 0.1) is 16.4 Å². The molecule has 0 aliphatic rings. The molecule has 1 N–H and O–H groups in total. The van der Waals surface area contributed by atoms with Gasteiger partial charge in [0.2, 0.25) is 0 Å². The molecule has 2 rings (SSSR count). The van der Waals surface area contributed by atoms with Gasteiger partial charge in [-0.15, -0.1) is 0 Å². The lowest BCUT2D eigenvalue weighted by Gasteiger charge is -2.05. The zero-order chi connectivity index (χ0) is 14.0. The second kappa shape index (κ2) is 4.77. The Morgan fingerprint density at radius 2 is 2.16 bits per heavy atom. The minimum Gasteiger partial charge on any atom is -0.481 e. The SMILES string of the molecule is O=C(O)COc1cc(=O)oc2ccc([N+](=O)[O-])cc12. The van der Waals surface area contributed by atoms with Crippen molar-refractivity contribution in [2.75, 3.05) is 6.61 Å². The number of non-ortho nitro benzene ring substituents is 1. The number of hydrogen-bond acceptors (Lipinski definition) is 6. The van der Waals surface area contributed by atoms with Crippen LogP contribution in [0.25, 0.3) is 11.0 Å². The average Bonchev–Trinajstić information content (AvgIpc) is 2.35. The number of ether oxygens (including phenoxy) is 1. The van der Waals surface area contributed by atoms with E-state index in [0.29, 0.717) is 0 Å². The van der Waals surface area contributed by atoms with Crippen LogP contribution in [0.2, 0.25) is 0 Å². The summed E-state index contributed by atoms with van der Waals surface area (Å²) in [6, 6.07) is 4.51. The quantitative estimate of drug-likeness (QED) is 0.500. The number of carboxylic acid groups (broad SMARTS) is 1. The molecule has 98 valence electrons. The molecular weight excluding hydrogens is 258 g/mol. The first kappa shape index (κ1) is 12.6. The molecule has 0 aliphatic heterocycles. The van der Waals surface area contributed by atoms with Crippen molar-refractivity contribution in [1.82, 2.24) is 0 Å². The third-order valence-electron chi connectivity index (χ3n) is 2.25. The molecule has 8 heteroatoms. The molecular formula is C11H7NO7. The van der Waals surface area contributed by atoms with Crippen LogP contribution in [0.4, 0.5) is 5.69 Å². The Balaban J connectivity index is 2.58. The summed E-state index contributed by atoms with van der Waals surface area (Å²) in [7, 11) is 0. The predicted octanol–water partition coefficient (Wildman–Crippen LogP) is 1.16. The molecule has 0 radical (unpaired) electrons. The molecule has 8 nitrogen and oxygen atoms in total. The van der Waals surface area contributed by atoms with Gasteiger partial charge in [-0.05, 0) is 6.07 Å². The average molecular weight is 265 g/mol. The smallest absolute Gasteiger partial charge is 0.341 e. The minimum atomic E-state index is -1.23. The Labute approximate surface area is 105 Å². The summed E-state index contributed by atoms with van der Waals surface area (Å²) < 4.78 is 9.75. The number of benzene rings is 1. The van der Waals surface area contributed by atoms with Gasteiger partial charge in [-0.1, -0.05) is 0 Å². The van der Waals surface area contributed by atoms with E-state index in [4.69, 9.17) is 14.3 Å². The summed E-state index contributed by atoms with van der Waals surface area (Å²) in [6.45, 7) is -0.665. The van der Waals surface area contributed by atoms with E-state index in [0.717, 1.165) is 12.1 Å². The third-order valence-corrected chi connectivity index (χ3v) is 2.25. The fourth-order valence-corrected chi connectivity index (χ4v) is 1.49. The fraction of sp³-hybridized carbons (Fsp3) is 0.0909. The first-order valence-electron chi connectivity index (χ1n) is 5.04. The van der Waals surface area contributed by atoms with Gasteiger partial charge in [-0.2, -0.15) is 0 Å². The number of carbonyl (C=O) groups is 1. The number of hydrogen-bond donors (Lipinski definition) is 1. The van der Waals surface area contributed by atoms with Crippen LogP contribution < -0.4 is 10.4 Å². The number of nitrogens with zero attached hydrogens (tertiary/aromatic N) is 1. The van der Waals surface area contributed by atoms with Crippen LogP contribution in [0.1, 0.15) is 0 Å². The maximum Gasteiger partial charge on any atom is 0.341 e. The highest BCUT2D eigenvalue weighted by Crippen LogP contribution is 2.27. The van der Waals surface area contributed by atoms with Gasteiger partial charge < -0.3 is 14.3 Å². The van der Waals surface area contributed by atoms with E-state index in [2.05, 4.69) is 0 Å². The number of nitro groups is 1. The van der Waals surface area contributed by atoms with E-state index >= 15 is 0 Å². The molecule has 0 saturated carbocycles. The second-order valence-corrected chi connectivity index (χ2v) is 3.55. The minimum absolute atomic E-state index is 0.0719. The Bertz CT molecular complexity index is 719. The standard InChI is InChI=1S/C11H7NO7/c13-10(14)5-18-9-4-11(15)19-8-2-1-6(12(16)17)3-7(8)9/h1-4H,5H2,(H,13,14). The molecule has 0 atom stereocenters. The first-order chi connectivity index (χ1) is 8.97. The highest BCUT2D eigenvalue weighted by atomic mass is 16.6. The van der Waals surface area contributed by atoms with Crippen molar-refractivity contribution in [2.24, 2.45) is 0 Å². The van der Waals surface area contributed by atoms with Crippen LogP contribution in [-0.2, 0) is 4.79 Å². The number of rotatable bonds is 4. The van der Waals surface area contributed by atoms with E-state index in [9.17, 15) is 19.7 Å². The molecule has 0 saturated heterocycles. The predicted molar refractivity (Wildman–Crippen MR) is 62.3 cm³/mol. The van der Waals surface area contributed by atoms with Crippen molar-refractivity contribution < 1.29 is 24.0 Å². The zero-order valence-electron chi connectivity index (χ0n) is 9.36. The summed E-state index contributed by atoms with van der Waals surface area (Å²) >= 11 is 0. The zero-order valence-corrected chi connectivity index (χ0v) is 9.36. The molecule has 0 fully saturated rings. The van der Waals surface area contributed by atoms with Crippen LogP contribution >= 0.6 is 0 Å². The van der Waals surface area contributed by atoms with Gasteiger partial charge in [0.1, 0.15) is 11.3 Å². The summed E-state index contributed by atoms with van der Waals surface area (Å²) in [5.74, 6) is -1.30. The topological polar surface area (TPSA) is 120 Å². The van der Waals surface area contributed by atoms with Crippen LogP contribution in [0.5, 0.6) is 5.75 Å². The van der Waals surface area contributed by atoms with Gasteiger partial charge >= 0.3 is 11.6 Å².